The van der Waals surface area contributed by atoms with E-state index in [0.717, 1.165) is 36.2 Å². The molecular weight excluding hydrogens is 348 g/mol. The van der Waals surface area contributed by atoms with E-state index in [-0.39, 0.29) is 25.3 Å². The van der Waals surface area contributed by atoms with Gasteiger partial charge in [0.1, 0.15) is 13.2 Å². The van der Waals surface area contributed by atoms with Gasteiger partial charge in [-0.3, -0.25) is 0 Å². The first-order valence-corrected chi connectivity index (χ1v) is 9.09. The predicted molar refractivity (Wildman–Crippen MR) is 99.3 cm³/mol. The maximum Gasteiger partial charge on any atom is 0.321 e. The summed E-state index contributed by atoms with van der Waals surface area (Å²) in [7, 11) is 1.57. The van der Waals surface area contributed by atoms with Crippen LogP contribution in [-0.2, 0) is 22.7 Å². The van der Waals surface area contributed by atoms with E-state index in [2.05, 4.69) is 21.5 Å². The number of amides is 2. The Morgan fingerprint density at radius 2 is 2.07 bits per heavy atom. The molecule has 0 saturated carbocycles. The van der Waals surface area contributed by atoms with Gasteiger partial charge in [0, 0.05) is 25.9 Å². The highest BCUT2D eigenvalue weighted by molar-refractivity contribution is 5.89. The summed E-state index contributed by atoms with van der Waals surface area (Å²) in [5, 5.41) is 6.84. The second-order valence-corrected chi connectivity index (χ2v) is 6.87. The van der Waals surface area contributed by atoms with Gasteiger partial charge < -0.3 is 24.2 Å². The molecule has 8 nitrogen and oxygen atoms in total. The fraction of sp³-hybridized carbons (Fsp3) is 0.526. The summed E-state index contributed by atoms with van der Waals surface area (Å²) in [6, 6.07) is 5.92. The molecule has 1 fully saturated rings. The van der Waals surface area contributed by atoms with Crippen LogP contribution in [0.5, 0.6) is 0 Å². The molecule has 1 aromatic carbocycles. The molecule has 2 aromatic rings. The molecule has 1 aromatic heterocycles. The van der Waals surface area contributed by atoms with Crippen molar-refractivity contribution in [3.05, 3.63) is 41.0 Å². The maximum atomic E-state index is 12.6. The van der Waals surface area contributed by atoms with Crippen molar-refractivity contribution < 1.29 is 18.8 Å². The monoisotopic (exact) mass is 374 g/mol. The van der Waals surface area contributed by atoms with Gasteiger partial charge in [0.2, 0.25) is 0 Å². The number of urea groups is 1. The van der Waals surface area contributed by atoms with Crippen molar-refractivity contribution in [2.45, 2.75) is 46.0 Å². The van der Waals surface area contributed by atoms with Crippen LogP contribution in [0.4, 0.5) is 10.5 Å². The molecule has 1 aliphatic heterocycles. The molecule has 1 aliphatic rings. The number of hydrogen-bond donors (Lipinski definition) is 1. The summed E-state index contributed by atoms with van der Waals surface area (Å²) in [6.07, 6.45) is 1.75. The maximum absolute atomic E-state index is 12.6. The zero-order valence-corrected chi connectivity index (χ0v) is 16.0. The van der Waals surface area contributed by atoms with Crippen molar-refractivity contribution >= 4 is 11.7 Å². The molecule has 8 heteroatoms. The van der Waals surface area contributed by atoms with Gasteiger partial charge in [0.05, 0.1) is 6.10 Å². The SMILES string of the molecule is COCc1nc(COC2CCCN(C(=O)Nc3cc(C)cc(C)c3)C2)no1. The van der Waals surface area contributed by atoms with Gasteiger partial charge in [-0.2, -0.15) is 4.98 Å². The molecule has 1 saturated heterocycles. The van der Waals surface area contributed by atoms with Crippen LogP contribution < -0.4 is 5.32 Å². The van der Waals surface area contributed by atoms with Crippen LogP contribution >= 0.6 is 0 Å². The standard InChI is InChI=1S/C19H26N4O4/c1-13-7-14(2)9-15(8-13)20-19(24)23-6-4-5-16(10-23)26-11-17-21-18(12-25-3)27-22-17/h7-9,16H,4-6,10-12H2,1-3H3,(H,20,24). The number of rotatable bonds is 6. The summed E-state index contributed by atoms with van der Waals surface area (Å²) in [5.41, 5.74) is 3.06. The van der Waals surface area contributed by atoms with Crippen molar-refractivity contribution in [3.8, 4) is 0 Å². The molecule has 146 valence electrons. The molecule has 0 spiro atoms. The molecule has 0 aliphatic carbocycles. The van der Waals surface area contributed by atoms with E-state index in [1.165, 1.54) is 0 Å². The molecule has 2 heterocycles. The molecule has 1 unspecified atom stereocenters. The van der Waals surface area contributed by atoms with E-state index >= 15 is 0 Å². The van der Waals surface area contributed by atoms with E-state index < -0.39 is 0 Å². The van der Waals surface area contributed by atoms with E-state index in [4.69, 9.17) is 14.0 Å². The van der Waals surface area contributed by atoms with Crippen LogP contribution in [0.15, 0.2) is 22.7 Å². The minimum atomic E-state index is -0.102. The highest BCUT2D eigenvalue weighted by Crippen LogP contribution is 2.18. The topological polar surface area (TPSA) is 89.7 Å². The normalized spacial score (nSPS) is 17.1. The second kappa shape index (κ2) is 8.96. The average Bonchev–Trinajstić information content (AvgIpc) is 3.07. The number of nitrogens with one attached hydrogen (secondary N) is 1. The summed E-state index contributed by atoms with van der Waals surface area (Å²) < 4.78 is 15.9. The lowest BCUT2D eigenvalue weighted by Gasteiger charge is -2.32. The lowest BCUT2D eigenvalue weighted by atomic mass is 10.1. The summed E-state index contributed by atoms with van der Waals surface area (Å²) in [4.78, 5) is 18.6. The van der Waals surface area contributed by atoms with Crippen LogP contribution in [0.25, 0.3) is 0 Å². The van der Waals surface area contributed by atoms with Crippen LogP contribution in [0.1, 0.15) is 35.7 Å². The van der Waals surface area contributed by atoms with Crippen molar-refractivity contribution in [2.24, 2.45) is 0 Å². The third-order valence-electron chi connectivity index (χ3n) is 4.36. The van der Waals surface area contributed by atoms with Gasteiger partial charge in [0.25, 0.3) is 5.89 Å². The Hall–Kier alpha value is -2.45. The van der Waals surface area contributed by atoms with Gasteiger partial charge in [-0.25, -0.2) is 4.79 Å². The fourth-order valence-corrected chi connectivity index (χ4v) is 3.23. The minimum Gasteiger partial charge on any atom is -0.375 e. The summed E-state index contributed by atoms with van der Waals surface area (Å²) in [6.45, 7) is 5.83. The first kappa shape index (κ1) is 19.3. The number of nitrogens with zero attached hydrogens (tertiary/aromatic N) is 3. The van der Waals surface area contributed by atoms with E-state index in [1.54, 1.807) is 12.0 Å². The number of likely N-dealkylation sites (tertiary alicyclic amines) is 1. The molecule has 3 rings (SSSR count). The minimum absolute atomic E-state index is 0.0480. The molecule has 1 N–H and O–H groups in total. The number of methoxy groups -OCH3 is 1. The Bertz CT molecular complexity index is 757. The third kappa shape index (κ3) is 5.51. The Labute approximate surface area is 158 Å². The lowest BCUT2D eigenvalue weighted by Crippen LogP contribution is -2.45. The van der Waals surface area contributed by atoms with E-state index in [0.29, 0.717) is 18.3 Å². The number of aromatic nitrogens is 2. The summed E-state index contributed by atoms with van der Waals surface area (Å²) in [5.74, 6) is 0.910. The molecule has 2 amide bonds. The third-order valence-corrected chi connectivity index (χ3v) is 4.36. The Balaban J connectivity index is 1.51. The van der Waals surface area contributed by atoms with Gasteiger partial charge in [-0.15, -0.1) is 0 Å². The highest BCUT2D eigenvalue weighted by Gasteiger charge is 2.25. The number of aryl methyl sites for hydroxylation is 2. The van der Waals surface area contributed by atoms with Crippen molar-refractivity contribution in [1.29, 1.82) is 0 Å². The van der Waals surface area contributed by atoms with Crippen LogP contribution in [-0.4, -0.2) is 47.4 Å². The zero-order chi connectivity index (χ0) is 19.2. The van der Waals surface area contributed by atoms with E-state index in [9.17, 15) is 4.79 Å². The first-order chi connectivity index (χ1) is 13.0. The van der Waals surface area contributed by atoms with Crippen molar-refractivity contribution in [1.82, 2.24) is 15.0 Å². The van der Waals surface area contributed by atoms with Gasteiger partial charge >= 0.3 is 6.03 Å². The van der Waals surface area contributed by atoms with E-state index in [1.807, 2.05) is 26.0 Å². The fourth-order valence-electron chi connectivity index (χ4n) is 3.23. The Kier molecular flexibility index (Phi) is 6.41. The smallest absolute Gasteiger partial charge is 0.321 e. The number of ether oxygens (including phenoxy) is 2. The van der Waals surface area contributed by atoms with Crippen LogP contribution in [0.2, 0.25) is 0 Å². The Morgan fingerprint density at radius 1 is 1.30 bits per heavy atom. The molecule has 1 atom stereocenters. The number of anilines is 1. The quantitative estimate of drug-likeness (QED) is 0.836. The lowest BCUT2D eigenvalue weighted by molar-refractivity contribution is -0.00242. The largest absolute Gasteiger partial charge is 0.375 e. The highest BCUT2D eigenvalue weighted by atomic mass is 16.5. The second-order valence-electron chi connectivity index (χ2n) is 6.87. The zero-order valence-electron chi connectivity index (χ0n) is 16.0. The number of benzene rings is 1. The number of piperidine rings is 1. The molecule has 0 bridgehead atoms. The van der Waals surface area contributed by atoms with Gasteiger partial charge in [-0.1, -0.05) is 11.2 Å². The van der Waals surface area contributed by atoms with Crippen LogP contribution in [0, 0.1) is 13.8 Å². The number of hydrogen-bond acceptors (Lipinski definition) is 6. The first-order valence-electron chi connectivity index (χ1n) is 9.09. The van der Waals surface area contributed by atoms with Crippen molar-refractivity contribution in [3.63, 3.8) is 0 Å². The Morgan fingerprint density at radius 3 is 2.81 bits per heavy atom. The summed E-state index contributed by atoms with van der Waals surface area (Å²) >= 11 is 0. The van der Waals surface area contributed by atoms with Gasteiger partial charge in [0.15, 0.2) is 5.82 Å². The molecule has 27 heavy (non-hydrogen) atoms. The van der Waals surface area contributed by atoms with Crippen molar-refractivity contribution in [2.75, 3.05) is 25.5 Å². The molecule has 0 radical (unpaired) electrons. The predicted octanol–water partition coefficient (Wildman–Crippen LogP) is 3.05. The van der Waals surface area contributed by atoms with Gasteiger partial charge in [-0.05, 0) is 49.9 Å². The van der Waals surface area contributed by atoms with Crippen LogP contribution in [0.3, 0.4) is 0 Å². The number of carbonyl (C=O) groups excluding carboxylic acids is 1. The average molecular weight is 374 g/mol. The molecular formula is C19H26N4O4. The number of carbonyl (C=O) groups is 1.